The van der Waals surface area contributed by atoms with Crippen LogP contribution in [0.4, 0.5) is 10.3 Å². The number of nitrogen functional groups attached to an aromatic ring is 1. The van der Waals surface area contributed by atoms with Crippen LogP contribution in [0.25, 0.3) is 11.0 Å². The van der Waals surface area contributed by atoms with Gasteiger partial charge in [-0.3, -0.25) is 0 Å². The largest absolute Gasteiger partial charge is 0.369 e. The Morgan fingerprint density at radius 2 is 2.29 bits per heavy atom. The number of fused-ring (bicyclic) bond motifs is 1. The fraction of sp³-hybridized carbons (Fsp3) is 0.417. The third-order valence-corrected chi connectivity index (χ3v) is 3.41. The first kappa shape index (κ1) is 10.5. The minimum absolute atomic E-state index is 0.273. The molecule has 0 saturated carbocycles. The molecule has 5 heteroatoms. The van der Waals surface area contributed by atoms with Crippen molar-refractivity contribution in [2.75, 3.05) is 25.9 Å². The summed E-state index contributed by atoms with van der Waals surface area (Å²) in [5.74, 6) is 0.205. The highest BCUT2D eigenvalue weighted by atomic mass is 19.1. The number of benzene rings is 1. The maximum Gasteiger partial charge on any atom is 0.201 e. The molecule has 17 heavy (non-hydrogen) atoms. The summed E-state index contributed by atoms with van der Waals surface area (Å²) in [6, 6.07) is 4.99. The van der Waals surface area contributed by atoms with Gasteiger partial charge in [0.15, 0.2) is 0 Å². The van der Waals surface area contributed by atoms with Crippen LogP contribution in [0.2, 0.25) is 0 Å². The number of rotatable bonds is 1. The minimum atomic E-state index is -0.273. The summed E-state index contributed by atoms with van der Waals surface area (Å²) in [5.41, 5.74) is 7.50. The van der Waals surface area contributed by atoms with E-state index in [4.69, 9.17) is 5.73 Å². The molecule has 0 amide bonds. The lowest BCUT2D eigenvalue weighted by molar-refractivity contribution is 0.396. The van der Waals surface area contributed by atoms with Gasteiger partial charge >= 0.3 is 0 Å². The highest BCUT2D eigenvalue weighted by Gasteiger charge is 2.24. The van der Waals surface area contributed by atoms with Gasteiger partial charge in [0, 0.05) is 12.6 Å². The van der Waals surface area contributed by atoms with E-state index in [1.807, 2.05) is 4.57 Å². The Hall–Kier alpha value is -1.62. The van der Waals surface area contributed by atoms with E-state index in [2.05, 4.69) is 16.9 Å². The Morgan fingerprint density at radius 1 is 1.47 bits per heavy atom. The lowest BCUT2D eigenvalue weighted by Gasteiger charge is -2.14. The van der Waals surface area contributed by atoms with E-state index in [1.165, 1.54) is 12.1 Å². The molecule has 90 valence electrons. The first-order valence-corrected chi connectivity index (χ1v) is 5.76. The summed E-state index contributed by atoms with van der Waals surface area (Å²) >= 11 is 0. The zero-order valence-electron chi connectivity index (χ0n) is 9.73. The molecule has 2 aromatic rings. The summed E-state index contributed by atoms with van der Waals surface area (Å²) in [6.07, 6.45) is 1.06. The molecule has 1 aromatic heterocycles. The third kappa shape index (κ3) is 1.67. The quantitative estimate of drug-likeness (QED) is 0.816. The van der Waals surface area contributed by atoms with Crippen LogP contribution in [0.5, 0.6) is 0 Å². The van der Waals surface area contributed by atoms with Crippen molar-refractivity contribution in [2.24, 2.45) is 0 Å². The van der Waals surface area contributed by atoms with Crippen molar-refractivity contribution in [3.8, 4) is 0 Å². The summed E-state index contributed by atoms with van der Waals surface area (Å²) in [5, 5.41) is 0. The molecule has 1 atom stereocenters. The molecule has 1 aliphatic rings. The number of nitrogens with zero attached hydrogens (tertiary/aromatic N) is 3. The fourth-order valence-corrected chi connectivity index (χ4v) is 2.60. The van der Waals surface area contributed by atoms with E-state index in [0.717, 1.165) is 25.0 Å². The first-order valence-electron chi connectivity index (χ1n) is 5.76. The molecule has 2 N–H and O–H groups in total. The van der Waals surface area contributed by atoms with Crippen LogP contribution in [-0.2, 0) is 0 Å². The number of nitrogens with two attached hydrogens (primary N) is 1. The minimum Gasteiger partial charge on any atom is -0.369 e. The zero-order valence-corrected chi connectivity index (χ0v) is 9.73. The van der Waals surface area contributed by atoms with Gasteiger partial charge in [-0.1, -0.05) is 0 Å². The normalized spacial score (nSPS) is 21.4. The summed E-state index contributed by atoms with van der Waals surface area (Å²) in [4.78, 5) is 6.49. The van der Waals surface area contributed by atoms with E-state index in [9.17, 15) is 4.39 Å². The molecule has 1 aromatic carbocycles. The van der Waals surface area contributed by atoms with E-state index >= 15 is 0 Å². The lowest BCUT2D eigenvalue weighted by Crippen LogP contribution is -2.17. The van der Waals surface area contributed by atoms with Crippen molar-refractivity contribution in [1.29, 1.82) is 0 Å². The molecule has 0 aliphatic carbocycles. The van der Waals surface area contributed by atoms with Crippen molar-refractivity contribution in [3.63, 3.8) is 0 Å². The zero-order chi connectivity index (χ0) is 12.0. The number of imidazole rings is 1. The highest BCUT2D eigenvalue weighted by molar-refractivity contribution is 5.78. The van der Waals surface area contributed by atoms with E-state index in [1.54, 1.807) is 6.07 Å². The van der Waals surface area contributed by atoms with Gasteiger partial charge < -0.3 is 15.2 Å². The van der Waals surface area contributed by atoms with Crippen LogP contribution in [0.3, 0.4) is 0 Å². The predicted octanol–water partition coefficient (Wildman–Crippen LogP) is 1.63. The molecule has 1 aliphatic heterocycles. The first-order chi connectivity index (χ1) is 8.15. The van der Waals surface area contributed by atoms with Gasteiger partial charge in [0.2, 0.25) is 5.95 Å². The molecule has 3 rings (SSSR count). The third-order valence-electron chi connectivity index (χ3n) is 3.41. The summed E-state index contributed by atoms with van der Waals surface area (Å²) in [6.45, 7) is 2.03. The van der Waals surface area contributed by atoms with Crippen LogP contribution < -0.4 is 5.73 Å². The van der Waals surface area contributed by atoms with E-state index < -0.39 is 0 Å². The van der Waals surface area contributed by atoms with E-state index in [0.29, 0.717) is 17.5 Å². The molecular formula is C12H15FN4. The molecule has 0 spiro atoms. The molecular weight excluding hydrogens is 219 g/mol. The number of hydrogen-bond donors (Lipinski definition) is 1. The summed E-state index contributed by atoms with van der Waals surface area (Å²) in [7, 11) is 2.09. The second-order valence-corrected chi connectivity index (χ2v) is 4.68. The summed E-state index contributed by atoms with van der Waals surface area (Å²) < 4.78 is 15.1. The molecule has 1 unspecified atom stereocenters. The molecule has 4 nitrogen and oxygen atoms in total. The molecule has 0 radical (unpaired) electrons. The standard InChI is InChI=1S/C12H15FN4/c1-16-5-4-9(7-16)17-11-3-2-8(13)6-10(11)15-12(17)14/h2-3,6,9H,4-5,7H2,1H3,(H2,14,15). The Bertz CT molecular complexity index is 563. The Morgan fingerprint density at radius 3 is 3.00 bits per heavy atom. The predicted molar refractivity (Wildman–Crippen MR) is 65.3 cm³/mol. The molecule has 1 fully saturated rings. The molecule has 0 bridgehead atoms. The SMILES string of the molecule is CN1CCC(n2c(N)nc3cc(F)ccc32)C1. The Kier molecular flexibility index (Phi) is 2.29. The monoisotopic (exact) mass is 234 g/mol. The number of anilines is 1. The van der Waals surface area contributed by atoms with Crippen molar-refractivity contribution in [2.45, 2.75) is 12.5 Å². The number of likely N-dealkylation sites (tertiary alicyclic amines) is 1. The van der Waals surface area contributed by atoms with Crippen molar-refractivity contribution in [1.82, 2.24) is 14.5 Å². The second-order valence-electron chi connectivity index (χ2n) is 4.68. The fourth-order valence-electron chi connectivity index (χ4n) is 2.60. The van der Waals surface area contributed by atoms with E-state index in [-0.39, 0.29) is 5.82 Å². The van der Waals surface area contributed by atoms with Gasteiger partial charge in [0.1, 0.15) is 5.82 Å². The number of halogens is 1. The van der Waals surface area contributed by atoms with Crippen molar-refractivity contribution in [3.05, 3.63) is 24.0 Å². The van der Waals surface area contributed by atoms with Crippen LogP contribution in [0, 0.1) is 5.82 Å². The average Bonchev–Trinajstić information content (AvgIpc) is 2.80. The van der Waals surface area contributed by atoms with Gasteiger partial charge in [0.25, 0.3) is 0 Å². The number of likely N-dealkylation sites (N-methyl/N-ethyl adjacent to an activating group) is 1. The van der Waals surface area contributed by atoms with Gasteiger partial charge in [-0.25, -0.2) is 9.37 Å². The smallest absolute Gasteiger partial charge is 0.201 e. The van der Waals surface area contributed by atoms with Crippen LogP contribution in [0.15, 0.2) is 18.2 Å². The number of hydrogen-bond acceptors (Lipinski definition) is 3. The number of aromatic nitrogens is 2. The van der Waals surface area contributed by atoms with Crippen molar-refractivity contribution < 1.29 is 4.39 Å². The average molecular weight is 234 g/mol. The van der Waals surface area contributed by atoms with Crippen LogP contribution in [0.1, 0.15) is 12.5 Å². The Balaban J connectivity index is 2.12. The van der Waals surface area contributed by atoms with Crippen LogP contribution in [-0.4, -0.2) is 34.6 Å². The maximum absolute atomic E-state index is 13.1. The van der Waals surface area contributed by atoms with Gasteiger partial charge in [0.05, 0.1) is 17.1 Å². The van der Waals surface area contributed by atoms with Crippen LogP contribution >= 0.6 is 0 Å². The molecule has 2 heterocycles. The van der Waals surface area contributed by atoms with Gasteiger partial charge in [-0.2, -0.15) is 0 Å². The van der Waals surface area contributed by atoms with Crippen molar-refractivity contribution >= 4 is 17.0 Å². The van der Waals surface area contributed by atoms with Gasteiger partial charge in [-0.05, 0) is 32.1 Å². The second kappa shape index (κ2) is 3.70. The highest BCUT2D eigenvalue weighted by Crippen LogP contribution is 2.28. The molecule has 1 saturated heterocycles. The Labute approximate surface area is 98.8 Å². The topological polar surface area (TPSA) is 47.1 Å². The van der Waals surface area contributed by atoms with Gasteiger partial charge in [-0.15, -0.1) is 0 Å². The maximum atomic E-state index is 13.1. The lowest BCUT2D eigenvalue weighted by atomic mass is 10.2.